The number of carbonyl (C=O) groups is 1. The van der Waals surface area contributed by atoms with E-state index in [1.54, 1.807) is 0 Å². The first-order valence-corrected chi connectivity index (χ1v) is 9.43. The zero-order valence-electron chi connectivity index (χ0n) is 14.5. The van der Waals surface area contributed by atoms with Gasteiger partial charge in [0.15, 0.2) is 0 Å². The van der Waals surface area contributed by atoms with Crippen molar-refractivity contribution in [3.63, 3.8) is 0 Å². The van der Waals surface area contributed by atoms with Crippen molar-refractivity contribution < 1.29 is 9.21 Å². The molecule has 1 aromatic carbocycles. The maximum absolute atomic E-state index is 12.1. The van der Waals surface area contributed by atoms with Crippen LogP contribution in [0.25, 0.3) is 0 Å². The van der Waals surface area contributed by atoms with Crippen LogP contribution < -0.4 is 5.32 Å². The molecule has 5 heteroatoms. The molecule has 2 saturated carbocycles. The maximum Gasteiger partial charge on any atom is 0.220 e. The molecule has 0 saturated heterocycles. The molecule has 2 fully saturated rings. The Labute approximate surface area is 148 Å². The van der Waals surface area contributed by atoms with Gasteiger partial charge in [-0.2, -0.15) is 0 Å². The van der Waals surface area contributed by atoms with Crippen molar-refractivity contribution in [1.82, 2.24) is 15.5 Å². The van der Waals surface area contributed by atoms with Crippen LogP contribution in [0.3, 0.4) is 0 Å². The van der Waals surface area contributed by atoms with Crippen LogP contribution in [0.5, 0.6) is 0 Å². The van der Waals surface area contributed by atoms with Crippen molar-refractivity contribution in [2.24, 2.45) is 5.92 Å². The summed E-state index contributed by atoms with van der Waals surface area (Å²) < 4.78 is 5.73. The Bertz CT molecular complexity index is 707. The minimum absolute atomic E-state index is 0.0688. The number of rotatable bonds is 7. The summed E-state index contributed by atoms with van der Waals surface area (Å²) in [6, 6.07) is 10.5. The minimum Gasteiger partial charge on any atom is -0.425 e. The molecule has 2 aliphatic carbocycles. The van der Waals surface area contributed by atoms with Gasteiger partial charge in [0.05, 0.1) is 0 Å². The van der Waals surface area contributed by atoms with E-state index in [1.807, 2.05) is 6.07 Å². The fourth-order valence-corrected chi connectivity index (χ4v) is 3.84. The number of aryl methyl sites for hydroxylation is 1. The standard InChI is InChI=1S/C20H25N3O2/c24-18(21-13-16-12-17(16)14-6-2-1-3-7-14)10-11-19-22-23-20(25-19)15-8-4-5-9-15/h1-3,6-7,15-17H,4-5,8-13H2,(H,21,24)/t16-,17+/m1/s1. The van der Waals surface area contributed by atoms with Gasteiger partial charge in [0, 0.05) is 25.3 Å². The molecular weight excluding hydrogens is 314 g/mol. The third-order valence-electron chi connectivity index (χ3n) is 5.46. The van der Waals surface area contributed by atoms with E-state index in [2.05, 4.69) is 39.8 Å². The molecule has 1 aromatic heterocycles. The van der Waals surface area contributed by atoms with Gasteiger partial charge in [0.2, 0.25) is 17.7 Å². The number of aromatic nitrogens is 2. The van der Waals surface area contributed by atoms with Crippen molar-refractivity contribution in [2.45, 2.75) is 56.8 Å². The Hall–Kier alpha value is -2.17. The summed E-state index contributed by atoms with van der Waals surface area (Å²) in [6.45, 7) is 0.759. The normalized spacial score (nSPS) is 22.9. The van der Waals surface area contributed by atoms with Crippen LogP contribution >= 0.6 is 0 Å². The van der Waals surface area contributed by atoms with Gasteiger partial charge in [-0.3, -0.25) is 4.79 Å². The lowest BCUT2D eigenvalue weighted by Gasteiger charge is -2.04. The molecule has 0 bridgehead atoms. The highest BCUT2D eigenvalue weighted by Gasteiger charge is 2.37. The maximum atomic E-state index is 12.1. The van der Waals surface area contributed by atoms with E-state index in [1.165, 1.54) is 24.8 Å². The molecule has 0 spiro atoms. The second-order valence-corrected chi connectivity index (χ2v) is 7.33. The van der Waals surface area contributed by atoms with E-state index >= 15 is 0 Å². The van der Waals surface area contributed by atoms with Crippen LogP contribution in [0.15, 0.2) is 34.7 Å². The van der Waals surface area contributed by atoms with Crippen molar-refractivity contribution in [3.8, 4) is 0 Å². The SMILES string of the molecule is O=C(CCc1nnc(C2CCCC2)o1)NC[C@H]1C[C@H]1c1ccccc1. The van der Waals surface area contributed by atoms with Crippen LogP contribution in [0.2, 0.25) is 0 Å². The first-order chi connectivity index (χ1) is 12.3. The van der Waals surface area contributed by atoms with Crippen LogP contribution in [-0.2, 0) is 11.2 Å². The number of nitrogens with one attached hydrogen (secondary N) is 1. The van der Waals surface area contributed by atoms with Gasteiger partial charge in [-0.1, -0.05) is 43.2 Å². The lowest BCUT2D eigenvalue weighted by molar-refractivity contribution is -0.121. The Morgan fingerprint density at radius 1 is 1.16 bits per heavy atom. The molecule has 0 unspecified atom stereocenters. The van der Waals surface area contributed by atoms with E-state index in [4.69, 9.17) is 4.42 Å². The van der Waals surface area contributed by atoms with E-state index in [0.717, 1.165) is 25.3 Å². The molecule has 1 amide bonds. The monoisotopic (exact) mass is 339 g/mol. The molecule has 4 rings (SSSR count). The van der Waals surface area contributed by atoms with Gasteiger partial charge in [0.1, 0.15) is 0 Å². The summed E-state index contributed by atoms with van der Waals surface area (Å²) >= 11 is 0. The second-order valence-electron chi connectivity index (χ2n) is 7.33. The molecular formula is C20H25N3O2. The fraction of sp³-hybridized carbons (Fsp3) is 0.550. The summed E-state index contributed by atoms with van der Waals surface area (Å²) in [5, 5.41) is 11.3. The Balaban J connectivity index is 1.17. The Morgan fingerprint density at radius 2 is 1.96 bits per heavy atom. The lowest BCUT2D eigenvalue weighted by Crippen LogP contribution is -2.26. The number of amides is 1. The van der Waals surface area contributed by atoms with E-state index in [9.17, 15) is 4.79 Å². The highest BCUT2D eigenvalue weighted by Crippen LogP contribution is 2.46. The molecule has 25 heavy (non-hydrogen) atoms. The van der Waals surface area contributed by atoms with Crippen LogP contribution in [0.1, 0.15) is 67.7 Å². The number of hydrogen-bond acceptors (Lipinski definition) is 4. The molecule has 5 nitrogen and oxygen atoms in total. The predicted molar refractivity (Wildman–Crippen MR) is 94.1 cm³/mol. The third-order valence-corrected chi connectivity index (χ3v) is 5.46. The Kier molecular flexibility index (Phi) is 4.81. The van der Waals surface area contributed by atoms with Gasteiger partial charge in [-0.15, -0.1) is 10.2 Å². The zero-order valence-corrected chi connectivity index (χ0v) is 14.5. The lowest BCUT2D eigenvalue weighted by atomic mass is 10.1. The van der Waals surface area contributed by atoms with Gasteiger partial charge >= 0.3 is 0 Å². The molecule has 2 aliphatic rings. The summed E-state index contributed by atoms with van der Waals surface area (Å²) in [4.78, 5) is 12.1. The average Bonchev–Trinajstić information content (AvgIpc) is 3.02. The zero-order chi connectivity index (χ0) is 17.1. The fourth-order valence-electron chi connectivity index (χ4n) is 3.84. The van der Waals surface area contributed by atoms with Gasteiger partial charge in [0.25, 0.3) is 0 Å². The smallest absolute Gasteiger partial charge is 0.220 e. The molecule has 0 radical (unpaired) electrons. The van der Waals surface area contributed by atoms with Crippen molar-refractivity contribution in [1.29, 1.82) is 0 Å². The first-order valence-electron chi connectivity index (χ1n) is 9.43. The number of benzene rings is 1. The summed E-state index contributed by atoms with van der Waals surface area (Å²) in [7, 11) is 0. The summed E-state index contributed by atoms with van der Waals surface area (Å²) in [5.41, 5.74) is 1.38. The van der Waals surface area contributed by atoms with Gasteiger partial charge in [-0.25, -0.2) is 0 Å². The van der Waals surface area contributed by atoms with Crippen molar-refractivity contribution in [3.05, 3.63) is 47.7 Å². The molecule has 2 aromatic rings. The summed E-state index contributed by atoms with van der Waals surface area (Å²) in [5.74, 6) is 3.02. The molecule has 132 valence electrons. The van der Waals surface area contributed by atoms with Crippen molar-refractivity contribution in [2.75, 3.05) is 6.54 Å². The third kappa shape index (κ3) is 4.09. The van der Waals surface area contributed by atoms with Gasteiger partial charge < -0.3 is 9.73 Å². The van der Waals surface area contributed by atoms with Gasteiger partial charge in [-0.05, 0) is 36.7 Å². The largest absolute Gasteiger partial charge is 0.425 e. The number of nitrogens with zero attached hydrogens (tertiary/aromatic N) is 2. The molecule has 1 N–H and O–H groups in total. The van der Waals surface area contributed by atoms with Crippen LogP contribution in [-0.4, -0.2) is 22.6 Å². The number of carbonyl (C=O) groups excluding carboxylic acids is 1. The van der Waals surface area contributed by atoms with E-state index in [0.29, 0.717) is 36.5 Å². The highest BCUT2D eigenvalue weighted by atomic mass is 16.4. The minimum atomic E-state index is 0.0688. The summed E-state index contributed by atoms with van der Waals surface area (Å²) in [6.07, 6.45) is 6.89. The average molecular weight is 339 g/mol. The van der Waals surface area contributed by atoms with Crippen molar-refractivity contribution >= 4 is 5.91 Å². The molecule has 1 heterocycles. The second kappa shape index (κ2) is 7.38. The Morgan fingerprint density at radius 3 is 2.76 bits per heavy atom. The molecule has 2 atom stereocenters. The predicted octanol–water partition coefficient (Wildman–Crippen LogP) is 3.58. The number of hydrogen-bond donors (Lipinski definition) is 1. The van der Waals surface area contributed by atoms with E-state index in [-0.39, 0.29) is 5.91 Å². The molecule has 0 aliphatic heterocycles. The quantitative estimate of drug-likeness (QED) is 0.837. The first kappa shape index (κ1) is 16.3. The topological polar surface area (TPSA) is 68.0 Å². The van der Waals surface area contributed by atoms with Crippen LogP contribution in [0.4, 0.5) is 0 Å². The van der Waals surface area contributed by atoms with Crippen LogP contribution in [0, 0.1) is 5.92 Å². The highest BCUT2D eigenvalue weighted by molar-refractivity contribution is 5.76. The van der Waals surface area contributed by atoms with E-state index < -0.39 is 0 Å².